The standard InChI is InChI=1S/C25H26N6O4S2/c1-16-11-21-18(13-23(16)37(32,33)30-5-9-35-10-6-30)29-25(31(21)7-8-34-2)20-14-26-24(28-20)17-3-4-22-19(12-17)27-15-36-22/h3-4,11-15H,5-10H2,1-2H3,(H,26,28). The lowest BCUT2D eigenvalue weighted by molar-refractivity contribution is 0.0730. The Morgan fingerprint density at radius 2 is 1.97 bits per heavy atom. The van der Waals surface area contributed by atoms with Gasteiger partial charge in [-0.3, -0.25) is 0 Å². The third-order valence-electron chi connectivity index (χ3n) is 6.57. The van der Waals surface area contributed by atoms with Gasteiger partial charge in [0, 0.05) is 32.3 Å². The molecule has 10 nitrogen and oxygen atoms in total. The van der Waals surface area contributed by atoms with Crippen molar-refractivity contribution >= 4 is 42.6 Å². The molecule has 5 aromatic rings. The summed E-state index contributed by atoms with van der Waals surface area (Å²) < 4.78 is 42.2. The molecule has 37 heavy (non-hydrogen) atoms. The molecule has 0 atom stereocenters. The first-order chi connectivity index (χ1) is 18.0. The van der Waals surface area contributed by atoms with Crippen molar-refractivity contribution in [3.63, 3.8) is 0 Å². The van der Waals surface area contributed by atoms with Crippen LogP contribution in [0.15, 0.2) is 46.9 Å². The number of ether oxygens (including phenoxy) is 2. The monoisotopic (exact) mass is 538 g/mol. The van der Waals surface area contributed by atoms with Gasteiger partial charge in [-0.25, -0.2) is 23.4 Å². The summed E-state index contributed by atoms with van der Waals surface area (Å²) in [6, 6.07) is 9.63. The number of nitrogens with one attached hydrogen (secondary N) is 1. The number of fused-ring (bicyclic) bond motifs is 2. The largest absolute Gasteiger partial charge is 0.383 e. The second-order valence-corrected chi connectivity index (χ2v) is 11.7. The number of sulfonamides is 1. The highest BCUT2D eigenvalue weighted by Gasteiger charge is 2.29. The van der Waals surface area contributed by atoms with Crippen LogP contribution in [0.5, 0.6) is 0 Å². The molecule has 0 amide bonds. The number of methoxy groups -OCH3 is 1. The molecule has 0 unspecified atom stereocenters. The normalized spacial score (nSPS) is 15.2. The summed E-state index contributed by atoms with van der Waals surface area (Å²) in [5.74, 6) is 1.38. The molecule has 2 aromatic carbocycles. The maximum absolute atomic E-state index is 13.4. The molecule has 0 radical (unpaired) electrons. The quantitative estimate of drug-likeness (QED) is 0.336. The Bertz CT molecular complexity index is 1700. The number of imidazole rings is 2. The van der Waals surface area contributed by atoms with E-state index >= 15 is 0 Å². The maximum Gasteiger partial charge on any atom is 0.243 e. The fourth-order valence-electron chi connectivity index (χ4n) is 4.66. The topological polar surface area (TPSA) is 115 Å². The second-order valence-electron chi connectivity index (χ2n) is 8.88. The van der Waals surface area contributed by atoms with Crippen molar-refractivity contribution < 1.29 is 17.9 Å². The fraction of sp³-hybridized carbons (Fsp3) is 0.320. The van der Waals surface area contributed by atoms with Crippen LogP contribution in [0.1, 0.15) is 5.56 Å². The van der Waals surface area contributed by atoms with E-state index in [2.05, 4.69) is 15.0 Å². The zero-order chi connectivity index (χ0) is 25.6. The van der Waals surface area contributed by atoms with E-state index in [4.69, 9.17) is 14.5 Å². The average Bonchev–Trinajstić information content (AvgIpc) is 3.65. The minimum absolute atomic E-state index is 0.270. The van der Waals surface area contributed by atoms with E-state index in [1.807, 2.05) is 41.3 Å². The van der Waals surface area contributed by atoms with E-state index in [-0.39, 0.29) is 4.90 Å². The van der Waals surface area contributed by atoms with Crippen molar-refractivity contribution in [2.24, 2.45) is 0 Å². The molecule has 0 spiro atoms. The molecule has 6 rings (SSSR count). The molecule has 1 aliphatic rings. The number of aromatic nitrogens is 5. The van der Waals surface area contributed by atoms with Gasteiger partial charge in [0.2, 0.25) is 10.0 Å². The highest BCUT2D eigenvalue weighted by molar-refractivity contribution is 7.89. The minimum atomic E-state index is -3.66. The first kappa shape index (κ1) is 24.2. The number of benzene rings is 2. The predicted octanol–water partition coefficient (Wildman–Crippen LogP) is 3.68. The van der Waals surface area contributed by atoms with Crippen LogP contribution in [0.4, 0.5) is 0 Å². The van der Waals surface area contributed by atoms with E-state index in [0.29, 0.717) is 62.2 Å². The van der Waals surface area contributed by atoms with E-state index < -0.39 is 10.0 Å². The molecule has 1 aliphatic heterocycles. The average molecular weight is 539 g/mol. The maximum atomic E-state index is 13.4. The van der Waals surface area contributed by atoms with E-state index in [1.165, 1.54) is 4.31 Å². The van der Waals surface area contributed by atoms with Crippen LogP contribution in [0.3, 0.4) is 0 Å². The van der Waals surface area contributed by atoms with Crippen molar-refractivity contribution in [1.82, 2.24) is 28.8 Å². The number of aryl methyl sites for hydroxylation is 1. The van der Waals surface area contributed by atoms with Gasteiger partial charge in [0.05, 0.1) is 57.7 Å². The molecule has 1 saturated heterocycles. The fourth-order valence-corrected chi connectivity index (χ4v) is 6.95. The van der Waals surface area contributed by atoms with Gasteiger partial charge in [-0.05, 0) is 42.8 Å². The lowest BCUT2D eigenvalue weighted by atomic mass is 10.2. The van der Waals surface area contributed by atoms with Crippen molar-refractivity contribution in [2.75, 3.05) is 40.0 Å². The number of rotatable bonds is 7. The molecule has 1 fully saturated rings. The SMILES string of the molecule is COCCn1c(-c2cnc(-c3ccc4scnc4c3)[nH]2)nc2cc(S(=O)(=O)N3CCOCC3)c(C)cc21. The van der Waals surface area contributed by atoms with E-state index in [9.17, 15) is 8.42 Å². The summed E-state index contributed by atoms with van der Waals surface area (Å²) in [6.07, 6.45) is 1.75. The highest BCUT2D eigenvalue weighted by Crippen LogP contribution is 2.31. The Morgan fingerprint density at radius 3 is 2.78 bits per heavy atom. The number of thiazole rings is 1. The first-order valence-corrected chi connectivity index (χ1v) is 14.2. The molecule has 1 N–H and O–H groups in total. The van der Waals surface area contributed by atoms with Gasteiger partial charge >= 0.3 is 0 Å². The van der Waals surface area contributed by atoms with Crippen LogP contribution in [0.2, 0.25) is 0 Å². The summed E-state index contributed by atoms with van der Waals surface area (Å²) in [4.78, 5) is 17.5. The lowest BCUT2D eigenvalue weighted by Crippen LogP contribution is -2.40. The summed E-state index contributed by atoms with van der Waals surface area (Å²) in [7, 11) is -2.01. The van der Waals surface area contributed by atoms with Gasteiger partial charge in [-0.15, -0.1) is 11.3 Å². The molecule has 12 heteroatoms. The smallest absolute Gasteiger partial charge is 0.243 e. The van der Waals surface area contributed by atoms with Gasteiger partial charge in [-0.2, -0.15) is 4.31 Å². The van der Waals surface area contributed by atoms with Gasteiger partial charge in [0.25, 0.3) is 0 Å². The number of hydrogen-bond donors (Lipinski definition) is 1. The van der Waals surface area contributed by atoms with Gasteiger partial charge < -0.3 is 19.0 Å². The Morgan fingerprint density at radius 1 is 1.14 bits per heavy atom. The molecule has 0 aliphatic carbocycles. The molecular weight excluding hydrogens is 512 g/mol. The number of morpholine rings is 1. The predicted molar refractivity (Wildman–Crippen MR) is 142 cm³/mol. The summed E-state index contributed by atoms with van der Waals surface area (Å²) in [5.41, 5.74) is 6.53. The zero-order valence-electron chi connectivity index (χ0n) is 20.5. The molecular formula is C25H26N6O4S2. The Kier molecular flexibility index (Phi) is 6.29. The Balaban J connectivity index is 1.43. The van der Waals surface area contributed by atoms with Gasteiger partial charge in [0.15, 0.2) is 5.82 Å². The summed E-state index contributed by atoms with van der Waals surface area (Å²) >= 11 is 1.60. The van der Waals surface area contributed by atoms with Crippen LogP contribution < -0.4 is 0 Å². The van der Waals surface area contributed by atoms with Crippen LogP contribution in [-0.2, 0) is 26.0 Å². The lowest BCUT2D eigenvalue weighted by Gasteiger charge is -2.26. The van der Waals surface area contributed by atoms with Crippen LogP contribution in [0.25, 0.3) is 44.2 Å². The van der Waals surface area contributed by atoms with Crippen molar-refractivity contribution in [3.05, 3.63) is 47.6 Å². The second kappa shape index (κ2) is 9.62. The third-order valence-corrected chi connectivity index (χ3v) is 9.42. The number of aromatic amines is 1. The van der Waals surface area contributed by atoms with E-state index in [0.717, 1.165) is 27.0 Å². The molecule has 4 heterocycles. The number of hydrogen-bond acceptors (Lipinski definition) is 8. The van der Waals surface area contributed by atoms with Crippen LogP contribution in [0, 0.1) is 6.92 Å². The summed E-state index contributed by atoms with van der Waals surface area (Å²) in [6.45, 7) is 4.34. The third kappa shape index (κ3) is 4.34. The van der Waals surface area contributed by atoms with E-state index in [1.54, 1.807) is 30.7 Å². The van der Waals surface area contributed by atoms with Crippen molar-refractivity contribution in [3.8, 4) is 22.9 Å². The molecule has 0 bridgehead atoms. The van der Waals surface area contributed by atoms with Gasteiger partial charge in [0.1, 0.15) is 11.5 Å². The Hall–Kier alpha value is -3.16. The molecule has 192 valence electrons. The Labute approximate surface area is 217 Å². The highest BCUT2D eigenvalue weighted by atomic mass is 32.2. The number of nitrogens with zero attached hydrogens (tertiary/aromatic N) is 5. The van der Waals surface area contributed by atoms with Crippen LogP contribution in [-0.4, -0.2) is 77.2 Å². The van der Waals surface area contributed by atoms with Gasteiger partial charge in [-0.1, -0.05) is 0 Å². The summed E-state index contributed by atoms with van der Waals surface area (Å²) in [5, 5.41) is 0. The molecule has 0 saturated carbocycles. The van der Waals surface area contributed by atoms with Crippen LogP contribution >= 0.6 is 11.3 Å². The van der Waals surface area contributed by atoms with Crippen molar-refractivity contribution in [1.29, 1.82) is 0 Å². The number of H-pyrrole nitrogens is 1. The van der Waals surface area contributed by atoms with Crippen molar-refractivity contribution in [2.45, 2.75) is 18.4 Å². The first-order valence-electron chi connectivity index (χ1n) is 11.9. The zero-order valence-corrected chi connectivity index (χ0v) is 22.1. The minimum Gasteiger partial charge on any atom is -0.383 e. The molecule has 3 aromatic heterocycles.